The van der Waals surface area contributed by atoms with Gasteiger partial charge in [0.1, 0.15) is 17.9 Å². The van der Waals surface area contributed by atoms with Gasteiger partial charge in [-0.2, -0.15) is 5.10 Å². The molecule has 0 aliphatic carbocycles. The second-order valence-electron chi connectivity index (χ2n) is 8.45. The number of carbonyl (C=O) groups is 1. The van der Waals surface area contributed by atoms with E-state index in [0.717, 1.165) is 22.3 Å². The number of fused-ring (bicyclic) bond motifs is 1. The van der Waals surface area contributed by atoms with Crippen LogP contribution in [0.2, 0.25) is 0 Å². The molecule has 0 fully saturated rings. The van der Waals surface area contributed by atoms with Crippen LogP contribution in [0, 0.1) is 0 Å². The van der Waals surface area contributed by atoms with Crippen LogP contribution < -0.4 is 10.1 Å². The molecule has 0 atom stereocenters. The van der Waals surface area contributed by atoms with Crippen molar-refractivity contribution in [3.63, 3.8) is 0 Å². The first kappa shape index (κ1) is 20.5. The number of nitrogens with one attached hydrogen (secondary N) is 2. The predicted molar refractivity (Wildman–Crippen MR) is 122 cm³/mol. The van der Waals surface area contributed by atoms with E-state index in [2.05, 4.69) is 58.4 Å². The van der Waals surface area contributed by atoms with Crippen molar-refractivity contribution in [1.29, 1.82) is 0 Å². The third-order valence-corrected chi connectivity index (χ3v) is 5.23. The number of ether oxygens (including phenoxy) is 1. The largest absolute Gasteiger partial charge is 0.495 e. The minimum absolute atomic E-state index is 0.00370. The average Bonchev–Trinajstić information content (AvgIpc) is 3.18. The number of hydrogen-bond donors (Lipinski definition) is 2. The molecule has 4 rings (SSSR count). The Bertz CT molecular complexity index is 1270. The number of rotatable bonds is 5. The number of aromatic amines is 1. The predicted octanol–water partition coefficient (Wildman–Crippen LogP) is 5.27. The van der Waals surface area contributed by atoms with E-state index in [-0.39, 0.29) is 11.2 Å². The van der Waals surface area contributed by atoms with Gasteiger partial charge in [0.2, 0.25) is 0 Å². The molecule has 0 amide bonds. The summed E-state index contributed by atoms with van der Waals surface area (Å²) in [6.45, 7) is 8.04. The summed E-state index contributed by atoms with van der Waals surface area (Å²) < 4.78 is 5.57. The molecule has 0 spiro atoms. The Morgan fingerprint density at radius 1 is 1.10 bits per heavy atom. The highest BCUT2D eigenvalue weighted by atomic mass is 16.5. The first-order chi connectivity index (χ1) is 14.8. The van der Waals surface area contributed by atoms with Crippen molar-refractivity contribution >= 4 is 28.3 Å². The molecule has 4 aromatic rings. The lowest BCUT2D eigenvalue weighted by atomic mass is 9.87. The van der Waals surface area contributed by atoms with Gasteiger partial charge in [-0.05, 0) is 36.1 Å². The van der Waals surface area contributed by atoms with Crippen molar-refractivity contribution in [1.82, 2.24) is 20.2 Å². The van der Waals surface area contributed by atoms with Gasteiger partial charge in [-0.1, -0.05) is 45.0 Å². The molecule has 0 saturated carbocycles. The fraction of sp³-hybridized carbons (Fsp3) is 0.250. The number of carbonyl (C=O) groups excluding carboxylic acids is 1. The SMILES string of the molecule is COc1ccc(C(C)(C)C)cc1Nc1ncnc2n[nH]c(-c3cccc(C(C)=O)c3)c12. The number of aromatic nitrogens is 4. The van der Waals surface area contributed by atoms with Crippen molar-refractivity contribution in [2.45, 2.75) is 33.1 Å². The molecule has 0 saturated heterocycles. The van der Waals surface area contributed by atoms with Gasteiger partial charge in [0.25, 0.3) is 0 Å². The first-order valence-corrected chi connectivity index (χ1v) is 10.0. The van der Waals surface area contributed by atoms with Crippen molar-refractivity contribution in [3.8, 4) is 17.0 Å². The minimum atomic E-state index is -0.0162. The summed E-state index contributed by atoms with van der Waals surface area (Å²) >= 11 is 0. The smallest absolute Gasteiger partial charge is 0.186 e. The molecule has 2 N–H and O–H groups in total. The van der Waals surface area contributed by atoms with Crippen molar-refractivity contribution < 1.29 is 9.53 Å². The van der Waals surface area contributed by atoms with E-state index in [4.69, 9.17) is 4.74 Å². The number of anilines is 2. The van der Waals surface area contributed by atoms with Crippen LogP contribution in [-0.2, 0) is 5.41 Å². The van der Waals surface area contributed by atoms with Gasteiger partial charge in [0.05, 0.1) is 23.9 Å². The van der Waals surface area contributed by atoms with Gasteiger partial charge in [0, 0.05) is 11.1 Å². The summed E-state index contributed by atoms with van der Waals surface area (Å²) in [6.07, 6.45) is 1.47. The van der Waals surface area contributed by atoms with Crippen LogP contribution in [-0.4, -0.2) is 33.1 Å². The van der Waals surface area contributed by atoms with Crippen molar-refractivity contribution in [3.05, 3.63) is 59.9 Å². The number of nitrogens with zero attached hydrogens (tertiary/aromatic N) is 3. The van der Waals surface area contributed by atoms with Crippen LogP contribution in [0.4, 0.5) is 11.5 Å². The Morgan fingerprint density at radius 3 is 2.61 bits per heavy atom. The molecular formula is C24H25N5O2. The monoisotopic (exact) mass is 415 g/mol. The van der Waals surface area contributed by atoms with Crippen molar-refractivity contribution in [2.75, 3.05) is 12.4 Å². The molecule has 0 aliphatic heterocycles. The van der Waals surface area contributed by atoms with Crippen LogP contribution in [0.25, 0.3) is 22.3 Å². The van der Waals surface area contributed by atoms with Gasteiger partial charge in [-0.15, -0.1) is 0 Å². The standard InChI is InChI=1S/C24H25N5O2/c1-14(30)15-7-6-8-16(11-15)21-20-22(25-13-26-23(20)29-28-21)27-18-12-17(24(2,3)4)9-10-19(18)31-5/h6-13H,1-5H3,(H2,25,26,27,28,29). The molecular weight excluding hydrogens is 390 g/mol. The summed E-state index contributed by atoms with van der Waals surface area (Å²) in [4.78, 5) is 20.6. The Hall–Kier alpha value is -3.74. The second kappa shape index (κ2) is 7.83. The van der Waals surface area contributed by atoms with E-state index >= 15 is 0 Å². The number of H-pyrrole nitrogens is 1. The molecule has 2 heterocycles. The number of benzene rings is 2. The lowest BCUT2D eigenvalue weighted by molar-refractivity contribution is 0.101. The van der Waals surface area contributed by atoms with E-state index in [1.54, 1.807) is 20.1 Å². The lowest BCUT2D eigenvalue weighted by Crippen LogP contribution is -2.11. The molecule has 0 unspecified atom stereocenters. The molecule has 31 heavy (non-hydrogen) atoms. The van der Waals surface area contributed by atoms with Gasteiger partial charge in [0.15, 0.2) is 11.4 Å². The van der Waals surface area contributed by atoms with E-state index in [1.807, 2.05) is 24.3 Å². The van der Waals surface area contributed by atoms with Gasteiger partial charge >= 0.3 is 0 Å². The van der Waals surface area contributed by atoms with Gasteiger partial charge in [-0.3, -0.25) is 9.89 Å². The van der Waals surface area contributed by atoms with Crippen LogP contribution in [0.3, 0.4) is 0 Å². The molecule has 158 valence electrons. The first-order valence-electron chi connectivity index (χ1n) is 10.0. The second-order valence-corrected chi connectivity index (χ2v) is 8.45. The molecule has 7 heteroatoms. The molecule has 0 radical (unpaired) electrons. The zero-order chi connectivity index (χ0) is 22.2. The maximum Gasteiger partial charge on any atom is 0.186 e. The lowest BCUT2D eigenvalue weighted by Gasteiger charge is -2.21. The Morgan fingerprint density at radius 2 is 1.90 bits per heavy atom. The summed E-state index contributed by atoms with van der Waals surface area (Å²) in [7, 11) is 1.64. The third kappa shape index (κ3) is 3.99. The molecule has 7 nitrogen and oxygen atoms in total. The average molecular weight is 415 g/mol. The van der Waals surface area contributed by atoms with E-state index in [1.165, 1.54) is 11.9 Å². The zero-order valence-corrected chi connectivity index (χ0v) is 18.3. The highest BCUT2D eigenvalue weighted by molar-refractivity contribution is 6.01. The van der Waals surface area contributed by atoms with Gasteiger partial charge < -0.3 is 10.1 Å². The number of hydrogen-bond acceptors (Lipinski definition) is 6. The Labute approximate surface area is 180 Å². The fourth-order valence-corrected chi connectivity index (χ4v) is 3.45. The summed E-state index contributed by atoms with van der Waals surface area (Å²) in [5, 5.41) is 11.5. The van der Waals surface area contributed by atoms with Crippen LogP contribution >= 0.6 is 0 Å². The Kier molecular flexibility index (Phi) is 5.19. The topological polar surface area (TPSA) is 92.8 Å². The van der Waals surface area contributed by atoms with Crippen LogP contribution in [0.1, 0.15) is 43.6 Å². The maximum atomic E-state index is 11.8. The summed E-state index contributed by atoms with van der Waals surface area (Å²) in [6, 6.07) is 13.5. The van der Waals surface area contributed by atoms with Crippen LogP contribution in [0.5, 0.6) is 5.75 Å². The normalized spacial score (nSPS) is 11.5. The summed E-state index contributed by atoms with van der Waals surface area (Å²) in [5.41, 5.74) is 4.70. The van der Waals surface area contributed by atoms with E-state index in [9.17, 15) is 4.79 Å². The minimum Gasteiger partial charge on any atom is -0.495 e. The van der Waals surface area contributed by atoms with Crippen molar-refractivity contribution in [2.24, 2.45) is 0 Å². The highest BCUT2D eigenvalue weighted by Gasteiger charge is 2.19. The number of methoxy groups -OCH3 is 1. The fourth-order valence-electron chi connectivity index (χ4n) is 3.45. The number of Topliss-reactive ketones (excluding diaryl/α,β-unsaturated/α-hetero) is 1. The van der Waals surface area contributed by atoms with E-state index < -0.39 is 0 Å². The van der Waals surface area contributed by atoms with Crippen LogP contribution in [0.15, 0.2) is 48.8 Å². The van der Waals surface area contributed by atoms with E-state index in [0.29, 0.717) is 22.8 Å². The third-order valence-electron chi connectivity index (χ3n) is 5.23. The molecule has 2 aromatic carbocycles. The Balaban J connectivity index is 1.84. The van der Waals surface area contributed by atoms with Gasteiger partial charge in [-0.25, -0.2) is 9.97 Å². The zero-order valence-electron chi connectivity index (χ0n) is 18.3. The molecule has 0 bridgehead atoms. The molecule has 0 aliphatic rings. The quantitative estimate of drug-likeness (QED) is 0.431. The summed E-state index contributed by atoms with van der Waals surface area (Å²) in [5.74, 6) is 1.32. The highest BCUT2D eigenvalue weighted by Crippen LogP contribution is 2.36. The maximum absolute atomic E-state index is 11.8. The molecule has 2 aromatic heterocycles. The number of ketones is 1.